The maximum atomic E-state index is 6.20. The quantitative estimate of drug-likeness (QED) is 0.906. The number of halogens is 1. The van der Waals surface area contributed by atoms with Crippen LogP contribution in [-0.4, -0.2) is 23.5 Å². The molecule has 2 heterocycles. The summed E-state index contributed by atoms with van der Waals surface area (Å²) in [4.78, 5) is 3.89. The largest absolute Gasteiger partial charge is 0.326 e. The third kappa shape index (κ3) is 2.84. The van der Waals surface area contributed by atoms with Gasteiger partial charge in [-0.2, -0.15) is 0 Å². The van der Waals surface area contributed by atoms with Crippen LogP contribution in [0.1, 0.15) is 44.0 Å². The first kappa shape index (κ1) is 13.3. The van der Waals surface area contributed by atoms with Crippen molar-refractivity contribution in [2.75, 3.05) is 6.54 Å². The summed E-state index contributed by atoms with van der Waals surface area (Å²) in [6.07, 6.45) is 3.81. The second-order valence-corrected chi connectivity index (χ2v) is 6.63. The Morgan fingerprint density at radius 3 is 2.88 bits per heavy atom. The summed E-state index contributed by atoms with van der Waals surface area (Å²) in [6.45, 7) is 5.53. The lowest BCUT2D eigenvalue weighted by Gasteiger charge is -2.34. The van der Waals surface area contributed by atoms with Crippen LogP contribution in [0.5, 0.6) is 0 Å². The molecule has 0 saturated carbocycles. The molecule has 1 saturated heterocycles. The van der Waals surface area contributed by atoms with Crippen molar-refractivity contribution in [3.63, 3.8) is 0 Å². The highest BCUT2D eigenvalue weighted by Gasteiger charge is 2.33. The summed E-state index contributed by atoms with van der Waals surface area (Å²) in [7, 11) is 0. The van der Waals surface area contributed by atoms with E-state index in [4.69, 9.17) is 17.3 Å². The molecule has 1 aromatic heterocycles. The van der Waals surface area contributed by atoms with Crippen LogP contribution in [0.3, 0.4) is 0 Å². The van der Waals surface area contributed by atoms with Gasteiger partial charge >= 0.3 is 0 Å². The second kappa shape index (κ2) is 5.70. The molecule has 17 heavy (non-hydrogen) atoms. The van der Waals surface area contributed by atoms with E-state index in [9.17, 15) is 0 Å². The van der Waals surface area contributed by atoms with Crippen molar-refractivity contribution in [2.45, 2.75) is 51.2 Å². The van der Waals surface area contributed by atoms with E-state index in [-0.39, 0.29) is 6.04 Å². The molecule has 1 aromatic rings. The number of thiophene rings is 1. The van der Waals surface area contributed by atoms with Gasteiger partial charge in [0.2, 0.25) is 0 Å². The van der Waals surface area contributed by atoms with E-state index in [1.807, 2.05) is 6.07 Å². The zero-order chi connectivity index (χ0) is 12.4. The maximum absolute atomic E-state index is 6.20. The number of nitrogens with zero attached hydrogens (tertiary/aromatic N) is 1. The molecule has 0 aliphatic carbocycles. The minimum Gasteiger partial charge on any atom is -0.326 e. The highest BCUT2D eigenvalue weighted by atomic mass is 35.5. The summed E-state index contributed by atoms with van der Waals surface area (Å²) >= 11 is 7.71. The molecule has 0 spiro atoms. The van der Waals surface area contributed by atoms with Crippen LogP contribution in [0, 0.1) is 0 Å². The lowest BCUT2D eigenvalue weighted by atomic mass is 10.0. The monoisotopic (exact) mass is 272 g/mol. The van der Waals surface area contributed by atoms with Gasteiger partial charge in [0.15, 0.2) is 0 Å². The first-order valence-corrected chi connectivity index (χ1v) is 7.59. The van der Waals surface area contributed by atoms with Gasteiger partial charge in [0.25, 0.3) is 0 Å². The average Bonchev–Trinajstić information content (AvgIpc) is 2.88. The van der Waals surface area contributed by atoms with Gasteiger partial charge in [-0.1, -0.05) is 18.5 Å². The molecule has 1 aliphatic heterocycles. The fourth-order valence-electron chi connectivity index (χ4n) is 2.87. The Bertz CT molecular complexity index is 364. The Hall–Kier alpha value is -0.0900. The number of rotatable bonds is 4. The van der Waals surface area contributed by atoms with Crippen molar-refractivity contribution in [3.8, 4) is 0 Å². The van der Waals surface area contributed by atoms with Gasteiger partial charge < -0.3 is 5.73 Å². The zero-order valence-electron chi connectivity index (χ0n) is 10.5. The lowest BCUT2D eigenvalue weighted by Crippen LogP contribution is -2.41. The molecule has 4 heteroatoms. The molecule has 3 atom stereocenters. The predicted octanol–water partition coefficient (Wildman–Crippen LogP) is 3.66. The SMILES string of the molecule is CCC1CCCN1C(c1ccc(Cl)s1)C(C)N. The molecular formula is C13H21ClN2S. The van der Waals surface area contributed by atoms with Crippen LogP contribution in [0.2, 0.25) is 4.34 Å². The Labute approximate surface area is 113 Å². The summed E-state index contributed by atoms with van der Waals surface area (Å²) in [5, 5.41) is 0. The summed E-state index contributed by atoms with van der Waals surface area (Å²) in [5.74, 6) is 0. The van der Waals surface area contributed by atoms with Crippen molar-refractivity contribution in [1.82, 2.24) is 4.90 Å². The first-order chi connectivity index (χ1) is 8.13. The Balaban J connectivity index is 2.23. The van der Waals surface area contributed by atoms with Crippen molar-refractivity contribution < 1.29 is 0 Å². The van der Waals surface area contributed by atoms with E-state index in [0.29, 0.717) is 12.1 Å². The third-order valence-corrected chi connectivity index (χ3v) is 4.94. The lowest BCUT2D eigenvalue weighted by molar-refractivity contribution is 0.160. The fraction of sp³-hybridized carbons (Fsp3) is 0.692. The van der Waals surface area contributed by atoms with Gasteiger partial charge in [-0.3, -0.25) is 4.90 Å². The smallest absolute Gasteiger partial charge is 0.0931 e. The second-order valence-electron chi connectivity index (χ2n) is 4.89. The molecule has 0 bridgehead atoms. The van der Waals surface area contributed by atoms with E-state index in [1.165, 1.54) is 30.7 Å². The third-order valence-electron chi connectivity index (χ3n) is 3.63. The van der Waals surface area contributed by atoms with Crippen LogP contribution < -0.4 is 5.73 Å². The Morgan fingerprint density at radius 1 is 1.59 bits per heavy atom. The van der Waals surface area contributed by atoms with Crippen LogP contribution in [0.4, 0.5) is 0 Å². The Kier molecular flexibility index (Phi) is 4.47. The highest BCUT2D eigenvalue weighted by Crippen LogP contribution is 2.36. The van der Waals surface area contributed by atoms with E-state index >= 15 is 0 Å². The number of nitrogens with two attached hydrogens (primary N) is 1. The van der Waals surface area contributed by atoms with Crippen molar-refractivity contribution in [1.29, 1.82) is 0 Å². The van der Waals surface area contributed by atoms with Gasteiger partial charge in [0.05, 0.1) is 10.4 Å². The van der Waals surface area contributed by atoms with Crippen LogP contribution in [0.25, 0.3) is 0 Å². The minimum atomic E-state index is 0.150. The highest BCUT2D eigenvalue weighted by molar-refractivity contribution is 7.16. The summed E-state index contributed by atoms with van der Waals surface area (Å²) in [6, 6.07) is 5.28. The standard InChI is InChI=1S/C13H21ClN2S/c1-3-10-5-4-8-16(10)13(9(2)15)11-6-7-12(14)17-11/h6-7,9-10,13H,3-5,8,15H2,1-2H3. The van der Waals surface area contributed by atoms with Gasteiger partial charge in [-0.25, -0.2) is 0 Å². The maximum Gasteiger partial charge on any atom is 0.0931 e. The van der Waals surface area contributed by atoms with Crippen molar-refractivity contribution in [3.05, 3.63) is 21.3 Å². The molecular weight excluding hydrogens is 252 g/mol. The molecule has 0 aromatic carbocycles. The van der Waals surface area contributed by atoms with Crippen LogP contribution in [0.15, 0.2) is 12.1 Å². The van der Waals surface area contributed by atoms with Gasteiger partial charge in [0, 0.05) is 17.0 Å². The van der Waals surface area contributed by atoms with E-state index in [0.717, 1.165) is 4.34 Å². The summed E-state index contributed by atoms with van der Waals surface area (Å²) < 4.78 is 0.859. The molecule has 2 rings (SSSR count). The molecule has 1 aliphatic rings. The average molecular weight is 273 g/mol. The van der Waals surface area contributed by atoms with Gasteiger partial charge in [-0.15, -0.1) is 11.3 Å². The van der Waals surface area contributed by atoms with E-state index in [1.54, 1.807) is 11.3 Å². The molecule has 96 valence electrons. The number of likely N-dealkylation sites (tertiary alicyclic amines) is 1. The van der Waals surface area contributed by atoms with Crippen LogP contribution >= 0.6 is 22.9 Å². The number of hydrogen-bond donors (Lipinski definition) is 1. The molecule has 2 N–H and O–H groups in total. The molecule has 3 unspecified atom stereocenters. The summed E-state index contributed by atoms with van der Waals surface area (Å²) in [5.41, 5.74) is 6.20. The van der Waals surface area contributed by atoms with Crippen molar-refractivity contribution >= 4 is 22.9 Å². The Morgan fingerprint density at radius 2 is 2.35 bits per heavy atom. The normalized spacial score (nSPS) is 25.1. The zero-order valence-corrected chi connectivity index (χ0v) is 12.1. The van der Waals surface area contributed by atoms with Gasteiger partial charge in [0.1, 0.15) is 0 Å². The molecule has 0 radical (unpaired) electrons. The van der Waals surface area contributed by atoms with E-state index < -0.39 is 0 Å². The van der Waals surface area contributed by atoms with Gasteiger partial charge in [-0.05, 0) is 44.9 Å². The molecule has 0 amide bonds. The molecule has 1 fully saturated rings. The molecule has 2 nitrogen and oxygen atoms in total. The topological polar surface area (TPSA) is 29.3 Å². The predicted molar refractivity (Wildman–Crippen MR) is 75.7 cm³/mol. The van der Waals surface area contributed by atoms with Crippen molar-refractivity contribution in [2.24, 2.45) is 5.73 Å². The first-order valence-electron chi connectivity index (χ1n) is 6.40. The number of hydrogen-bond acceptors (Lipinski definition) is 3. The minimum absolute atomic E-state index is 0.150. The fourth-order valence-corrected chi connectivity index (χ4v) is 4.17. The van der Waals surface area contributed by atoms with Crippen LogP contribution in [-0.2, 0) is 0 Å². The van der Waals surface area contributed by atoms with E-state index in [2.05, 4.69) is 24.8 Å².